The number of ether oxygens (including phenoxy) is 1. The van der Waals surface area contributed by atoms with E-state index in [4.69, 9.17) is 10.5 Å². The smallest absolute Gasteiger partial charge is 0.154 e. The number of benzene rings is 1. The molecule has 7 heteroatoms. The van der Waals surface area contributed by atoms with Crippen molar-refractivity contribution < 1.29 is 9.13 Å². The normalized spacial score (nSPS) is 26.7. The topological polar surface area (TPSA) is 73.4 Å². The Balaban J connectivity index is 1.83. The highest BCUT2D eigenvalue weighted by Gasteiger charge is 2.50. The van der Waals surface area contributed by atoms with Gasteiger partial charge in [-0.25, -0.2) is 14.4 Å². The number of amidine groups is 1. The Labute approximate surface area is 137 Å². The fourth-order valence-corrected chi connectivity index (χ4v) is 4.40. The number of aromatic nitrogens is 2. The summed E-state index contributed by atoms with van der Waals surface area (Å²) in [5, 5.41) is 0.486. The number of hydrogen-bond acceptors (Lipinski definition) is 6. The van der Waals surface area contributed by atoms with Crippen molar-refractivity contribution in [2.45, 2.75) is 4.75 Å². The zero-order valence-corrected chi connectivity index (χ0v) is 13.1. The zero-order chi connectivity index (χ0) is 15.9. The van der Waals surface area contributed by atoms with Crippen LogP contribution >= 0.6 is 11.8 Å². The minimum atomic E-state index is -0.512. The third kappa shape index (κ3) is 2.40. The number of thioether (sulfide) groups is 1. The second-order valence-electron chi connectivity index (χ2n) is 5.70. The number of aliphatic imine (C=N–C) groups is 1. The first-order chi connectivity index (χ1) is 11.2. The Bertz CT molecular complexity index is 770. The van der Waals surface area contributed by atoms with Crippen molar-refractivity contribution in [1.82, 2.24) is 9.97 Å². The Morgan fingerprint density at radius 3 is 2.91 bits per heavy atom. The molecule has 1 fully saturated rings. The summed E-state index contributed by atoms with van der Waals surface area (Å²) in [6.45, 7) is 1.57. The van der Waals surface area contributed by atoms with Gasteiger partial charge in [0.1, 0.15) is 12.1 Å². The molecule has 2 aliphatic rings. The van der Waals surface area contributed by atoms with Gasteiger partial charge in [0.25, 0.3) is 0 Å². The van der Waals surface area contributed by atoms with Gasteiger partial charge < -0.3 is 10.5 Å². The Hall–Kier alpha value is -1.99. The molecule has 4 rings (SSSR count). The largest absolute Gasteiger partial charge is 0.379 e. The quantitative estimate of drug-likeness (QED) is 0.914. The fraction of sp³-hybridized carbons (Fsp3) is 0.312. The maximum atomic E-state index is 14.6. The molecule has 0 saturated carbocycles. The van der Waals surface area contributed by atoms with Crippen LogP contribution in [0.4, 0.5) is 4.39 Å². The van der Waals surface area contributed by atoms with Gasteiger partial charge in [-0.15, -0.1) is 0 Å². The van der Waals surface area contributed by atoms with E-state index in [0.717, 1.165) is 11.1 Å². The van der Waals surface area contributed by atoms with Crippen molar-refractivity contribution in [2.24, 2.45) is 16.6 Å². The van der Waals surface area contributed by atoms with Crippen molar-refractivity contribution in [3.63, 3.8) is 0 Å². The number of hydrogen-bond donors (Lipinski definition) is 1. The number of rotatable bonds is 2. The highest BCUT2D eigenvalue weighted by molar-refractivity contribution is 8.14. The van der Waals surface area contributed by atoms with Crippen molar-refractivity contribution in [1.29, 1.82) is 0 Å². The third-order valence-electron chi connectivity index (χ3n) is 4.37. The van der Waals surface area contributed by atoms with Crippen molar-refractivity contribution in [3.8, 4) is 11.1 Å². The average molecular weight is 330 g/mol. The van der Waals surface area contributed by atoms with Crippen molar-refractivity contribution in [2.75, 3.05) is 19.8 Å². The molecule has 2 N–H and O–H groups in total. The average Bonchev–Trinajstić information content (AvgIpc) is 3.00. The summed E-state index contributed by atoms with van der Waals surface area (Å²) in [4.78, 5) is 12.3. The zero-order valence-electron chi connectivity index (χ0n) is 12.3. The van der Waals surface area contributed by atoms with Gasteiger partial charge in [-0.2, -0.15) is 0 Å². The molecule has 2 atom stereocenters. The van der Waals surface area contributed by atoms with Gasteiger partial charge in [0.15, 0.2) is 5.17 Å². The van der Waals surface area contributed by atoms with E-state index in [-0.39, 0.29) is 11.7 Å². The number of fused-ring (bicyclic) bond motifs is 1. The molecule has 0 aliphatic carbocycles. The van der Waals surface area contributed by atoms with Gasteiger partial charge in [0, 0.05) is 36.0 Å². The molecule has 0 spiro atoms. The van der Waals surface area contributed by atoms with Crippen LogP contribution in [0.3, 0.4) is 0 Å². The fourth-order valence-electron chi connectivity index (χ4n) is 3.17. The van der Waals surface area contributed by atoms with Crippen LogP contribution in [-0.2, 0) is 9.48 Å². The van der Waals surface area contributed by atoms with Gasteiger partial charge in [-0.3, -0.25) is 4.99 Å². The van der Waals surface area contributed by atoms with E-state index >= 15 is 0 Å². The lowest BCUT2D eigenvalue weighted by molar-refractivity contribution is 0.183. The van der Waals surface area contributed by atoms with Crippen LogP contribution in [0.15, 0.2) is 41.9 Å². The Kier molecular flexibility index (Phi) is 3.54. The molecular formula is C16H15FN4OS. The SMILES string of the molecule is NC1=NCC2COCC2(c2cc(-c3cncnc3)ccc2F)S1. The number of halogens is 1. The molecule has 0 amide bonds. The summed E-state index contributed by atoms with van der Waals surface area (Å²) in [6.07, 6.45) is 4.91. The molecule has 1 aromatic carbocycles. The molecule has 118 valence electrons. The first-order valence-corrected chi connectivity index (χ1v) is 8.13. The molecule has 2 unspecified atom stereocenters. The molecule has 5 nitrogen and oxygen atoms in total. The monoisotopic (exact) mass is 330 g/mol. The van der Waals surface area contributed by atoms with Gasteiger partial charge >= 0.3 is 0 Å². The first-order valence-electron chi connectivity index (χ1n) is 7.31. The van der Waals surface area contributed by atoms with Gasteiger partial charge in [0.05, 0.1) is 18.0 Å². The molecule has 1 saturated heterocycles. The minimum Gasteiger partial charge on any atom is -0.379 e. The Morgan fingerprint density at radius 1 is 1.26 bits per heavy atom. The van der Waals surface area contributed by atoms with Gasteiger partial charge in [-0.05, 0) is 17.7 Å². The Morgan fingerprint density at radius 2 is 2.09 bits per heavy atom. The molecule has 0 bridgehead atoms. The summed E-state index contributed by atoms with van der Waals surface area (Å²) in [5.41, 5.74) is 8.27. The van der Waals surface area contributed by atoms with E-state index in [2.05, 4.69) is 15.0 Å². The van der Waals surface area contributed by atoms with Crippen LogP contribution in [0, 0.1) is 11.7 Å². The predicted octanol–water partition coefficient (Wildman–Crippen LogP) is 2.19. The second-order valence-corrected chi connectivity index (χ2v) is 7.06. The van der Waals surface area contributed by atoms with E-state index < -0.39 is 4.75 Å². The molecule has 3 heterocycles. The molecule has 2 aromatic rings. The highest BCUT2D eigenvalue weighted by atomic mass is 32.2. The summed E-state index contributed by atoms with van der Waals surface area (Å²) in [5.74, 6) is -0.125. The van der Waals surface area contributed by atoms with Crippen molar-refractivity contribution in [3.05, 3.63) is 48.3 Å². The predicted molar refractivity (Wildman–Crippen MR) is 87.5 cm³/mol. The maximum absolute atomic E-state index is 14.6. The van der Waals surface area contributed by atoms with Gasteiger partial charge in [0.2, 0.25) is 0 Å². The highest BCUT2D eigenvalue weighted by Crippen LogP contribution is 2.50. The lowest BCUT2D eigenvalue weighted by Crippen LogP contribution is -2.39. The van der Waals surface area contributed by atoms with Crippen LogP contribution < -0.4 is 5.73 Å². The molecule has 0 radical (unpaired) electrons. The maximum Gasteiger partial charge on any atom is 0.154 e. The lowest BCUT2D eigenvalue weighted by atomic mass is 9.86. The van der Waals surface area contributed by atoms with E-state index in [0.29, 0.717) is 30.5 Å². The summed E-state index contributed by atoms with van der Waals surface area (Å²) in [7, 11) is 0. The third-order valence-corrected chi connectivity index (χ3v) is 5.74. The van der Waals surface area contributed by atoms with E-state index in [1.54, 1.807) is 18.5 Å². The molecule has 1 aromatic heterocycles. The van der Waals surface area contributed by atoms with Crippen LogP contribution in [-0.4, -0.2) is 34.9 Å². The first kappa shape index (κ1) is 14.6. The second kappa shape index (κ2) is 5.58. The van der Waals surface area contributed by atoms with E-state index in [1.165, 1.54) is 24.2 Å². The van der Waals surface area contributed by atoms with Crippen LogP contribution in [0.5, 0.6) is 0 Å². The van der Waals surface area contributed by atoms with E-state index in [1.807, 2.05) is 6.07 Å². The van der Waals surface area contributed by atoms with E-state index in [9.17, 15) is 4.39 Å². The summed E-state index contributed by atoms with van der Waals surface area (Å²) < 4.78 is 19.8. The summed E-state index contributed by atoms with van der Waals surface area (Å²) in [6, 6.07) is 5.09. The number of nitrogens with zero attached hydrogens (tertiary/aromatic N) is 3. The standard InChI is InChI=1S/C16H15FN4OS/c17-14-2-1-10(11-4-19-9-20-5-11)3-13(14)16-8-22-7-12(16)6-21-15(18)23-16/h1-5,9,12H,6-8H2,(H2,18,21). The molecular weight excluding hydrogens is 315 g/mol. The van der Waals surface area contributed by atoms with Crippen LogP contribution in [0.1, 0.15) is 5.56 Å². The molecule has 2 aliphatic heterocycles. The van der Waals surface area contributed by atoms with Crippen LogP contribution in [0.2, 0.25) is 0 Å². The number of nitrogens with two attached hydrogens (primary N) is 1. The minimum absolute atomic E-state index is 0.122. The van der Waals surface area contributed by atoms with Crippen molar-refractivity contribution >= 4 is 16.9 Å². The molecule has 23 heavy (non-hydrogen) atoms. The van der Waals surface area contributed by atoms with Crippen LogP contribution in [0.25, 0.3) is 11.1 Å². The van der Waals surface area contributed by atoms with Gasteiger partial charge in [-0.1, -0.05) is 17.8 Å². The lowest BCUT2D eigenvalue weighted by Gasteiger charge is -2.35. The summed E-state index contributed by atoms with van der Waals surface area (Å²) >= 11 is 1.41.